The Morgan fingerprint density at radius 2 is 1.75 bits per heavy atom. The third-order valence-electron chi connectivity index (χ3n) is 4.98. The molecule has 0 bridgehead atoms. The molecule has 0 aliphatic carbocycles. The van der Waals surface area contributed by atoms with Gasteiger partial charge in [-0.3, -0.25) is 4.99 Å². The molecule has 1 aromatic heterocycles. The quantitative estimate of drug-likeness (QED) is 0.168. The summed E-state index contributed by atoms with van der Waals surface area (Å²) in [6.45, 7) is 6.85. The number of sulfone groups is 1. The molecule has 2 N–H and O–H groups in total. The van der Waals surface area contributed by atoms with E-state index in [0.29, 0.717) is 30.4 Å². The second-order valence-electron chi connectivity index (χ2n) is 7.33. The number of fused-ring (bicyclic) bond motifs is 1. The molecule has 3 rings (SSSR count). The summed E-state index contributed by atoms with van der Waals surface area (Å²) in [6, 6.07) is 16.7. The molecule has 0 radical (unpaired) electrons. The summed E-state index contributed by atoms with van der Waals surface area (Å²) in [5.74, 6) is 1.83. The third kappa shape index (κ3) is 7.19. The predicted molar refractivity (Wildman–Crippen MR) is 142 cm³/mol. The van der Waals surface area contributed by atoms with Gasteiger partial charge in [-0.05, 0) is 51.0 Å². The van der Waals surface area contributed by atoms with Gasteiger partial charge >= 0.3 is 0 Å². The lowest BCUT2D eigenvalue weighted by Crippen LogP contribution is -2.38. The summed E-state index contributed by atoms with van der Waals surface area (Å²) in [5.41, 5.74) is 2.16. The summed E-state index contributed by atoms with van der Waals surface area (Å²) in [7, 11) is -3.25. The number of aromatic nitrogens is 2. The fraction of sp³-hybridized carbons (Fsp3) is 0.391. The molecule has 0 saturated carbocycles. The Morgan fingerprint density at radius 3 is 2.50 bits per heavy atom. The summed E-state index contributed by atoms with van der Waals surface area (Å²) in [5, 5.41) is 6.45. The number of para-hydroxylation sites is 2. The summed E-state index contributed by atoms with van der Waals surface area (Å²) >= 11 is 0. The van der Waals surface area contributed by atoms with Crippen LogP contribution in [0.3, 0.4) is 0 Å². The number of imidazole rings is 1. The number of aliphatic imine (C=N–C) groups is 1. The summed E-state index contributed by atoms with van der Waals surface area (Å²) in [4.78, 5) is 9.60. The SMILES string of the molecule is CCNC(=NCCCn1c(C)nc2ccccc21)NCCCS(=O)(=O)c1ccccc1.I. The van der Waals surface area contributed by atoms with Crippen LogP contribution < -0.4 is 10.6 Å². The zero-order chi connectivity index (χ0) is 22.1. The van der Waals surface area contributed by atoms with Crippen LogP contribution >= 0.6 is 24.0 Å². The first kappa shape index (κ1) is 26.1. The van der Waals surface area contributed by atoms with Crippen LogP contribution in [0.1, 0.15) is 25.6 Å². The first-order valence-corrected chi connectivity index (χ1v) is 12.4. The fourth-order valence-electron chi connectivity index (χ4n) is 3.45. The largest absolute Gasteiger partial charge is 0.357 e. The number of aryl methyl sites for hydroxylation is 2. The number of hydrogen-bond donors (Lipinski definition) is 2. The monoisotopic (exact) mass is 569 g/mol. The number of rotatable bonds is 10. The Labute approximate surface area is 207 Å². The third-order valence-corrected chi connectivity index (χ3v) is 6.80. The highest BCUT2D eigenvalue weighted by atomic mass is 127. The standard InChI is InChI=1S/C23H31N5O2S.HI/c1-3-24-23(26-16-10-18-31(29,30)20-11-5-4-6-12-20)25-15-9-17-28-19(2)27-21-13-7-8-14-22(21)28;/h4-8,11-14H,3,9-10,15-18H2,1-2H3,(H2,24,25,26);1H. The zero-order valence-electron chi connectivity index (χ0n) is 18.6. The maximum absolute atomic E-state index is 12.4. The molecule has 0 fully saturated rings. The van der Waals surface area contributed by atoms with Gasteiger partial charge in [0, 0.05) is 26.2 Å². The Kier molecular flexibility index (Phi) is 10.4. The average molecular weight is 570 g/mol. The molecule has 0 atom stereocenters. The maximum atomic E-state index is 12.4. The van der Waals surface area contributed by atoms with Gasteiger partial charge in [-0.15, -0.1) is 24.0 Å². The lowest BCUT2D eigenvalue weighted by Gasteiger charge is -2.12. The van der Waals surface area contributed by atoms with Crippen molar-refractivity contribution in [3.05, 3.63) is 60.4 Å². The van der Waals surface area contributed by atoms with Crippen LogP contribution in [0.5, 0.6) is 0 Å². The Bertz CT molecular complexity index is 1110. The predicted octanol–water partition coefficient (Wildman–Crippen LogP) is 3.77. The molecule has 1 heterocycles. The average Bonchev–Trinajstić information content (AvgIpc) is 3.09. The van der Waals surface area contributed by atoms with Crippen molar-refractivity contribution in [1.82, 2.24) is 20.2 Å². The topological polar surface area (TPSA) is 88.4 Å². The highest BCUT2D eigenvalue weighted by Crippen LogP contribution is 2.15. The van der Waals surface area contributed by atoms with Crippen molar-refractivity contribution in [3.8, 4) is 0 Å². The number of benzene rings is 2. The first-order chi connectivity index (χ1) is 15.0. The summed E-state index contributed by atoms with van der Waals surface area (Å²) < 4.78 is 27.0. The Hall–Kier alpha value is -2.14. The molecular formula is C23H32IN5O2S. The van der Waals surface area contributed by atoms with Crippen LogP contribution in [-0.4, -0.2) is 49.3 Å². The van der Waals surface area contributed by atoms with Crippen LogP contribution in [0, 0.1) is 6.92 Å². The van der Waals surface area contributed by atoms with Crippen LogP contribution in [0.2, 0.25) is 0 Å². The molecule has 0 aliphatic rings. The van der Waals surface area contributed by atoms with Gasteiger partial charge in [0.05, 0.1) is 21.7 Å². The van der Waals surface area contributed by atoms with Gasteiger partial charge in [-0.2, -0.15) is 0 Å². The van der Waals surface area contributed by atoms with Crippen molar-refractivity contribution in [3.63, 3.8) is 0 Å². The van der Waals surface area contributed by atoms with Gasteiger partial charge in [-0.1, -0.05) is 30.3 Å². The highest BCUT2D eigenvalue weighted by Gasteiger charge is 2.13. The molecular weight excluding hydrogens is 537 g/mol. The molecule has 0 unspecified atom stereocenters. The molecule has 0 spiro atoms. The van der Waals surface area contributed by atoms with Crippen LogP contribution in [0.25, 0.3) is 11.0 Å². The molecule has 0 amide bonds. The minimum absolute atomic E-state index is 0. The molecule has 0 saturated heterocycles. The van der Waals surface area contributed by atoms with Crippen molar-refractivity contribution in [2.45, 2.75) is 38.1 Å². The minimum atomic E-state index is -3.25. The lowest BCUT2D eigenvalue weighted by atomic mass is 10.3. The second-order valence-corrected chi connectivity index (χ2v) is 9.43. The Morgan fingerprint density at radius 1 is 1.03 bits per heavy atom. The smallest absolute Gasteiger partial charge is 0.191 e. The van der Waals surface area contributed by atoms with Crippen molar-refractivity contribution in [1.29, 1.82) is 0 Å². The van der Waals surface area contributed by atoms with E-state index in [0.717, 1.165) is 36.4 Å². The summed E-state index contributed by atoms with van der Waals surface area (Å²) in [6.07, 6.45) is 1.40. The van der Waals surface area contributed by atoms with Gasteiger partial charge in [0.15, 0.2) is 15.8 Å². The molecule has 9 heteroatoms. The molecule has 174 valence electrons. The molecule has 32 heavy (non-hydrogen) atoms. The maximum Gasteiger partial charge on any atom is 0.191 e. The van der Waals surface area contributed by atoms with E-state index < -0.39 is 9.84 Å². The van der Waals surface area contributed by atoms with Crippen LogP contribution in [0.4, 0.5) is 0 Å². The number of nitrogens with zero attached hydrogens (tertiary/aromatic N) is 3. The number of guanidine groups is 1. The number of halogens is 1. The van der Waals surface area contributed by atoms with Gasteiger partial charge in [0.25, 0.3) is 0 Å². The van der Waals surface area contributed by atoms with E-state index in [1.807, 2.05) is 38.1 Å². The van der Waals surface area contributed by atoms with Crippen molar-refractivity contribution >= 4 is 50.8 Å². The number of hydrogen-bond acceptors (Lipinski definition) is 4. The van der Waals surface area contributed by atoms with E-state index in [4.69, 9.17) is 0 Å². The van der Waals surface area contributed by atoms with E-state index in [2.05, 4.69) is 31.2 Å². The van der Waals surface area contributed by atoms with Gasteiger partial charge in [0.2, 0.25) is 0 Å². The molecule has 3 aromatic rings. The molecule has 2 aromatic carbocycles. The normalized spacial score (nSPS) is 11.9. The minimum Gasteiger partial charge on any atom is -0.357 e. The van der Waals surface area contributed by atoms with E-state index in [1.54, 1.807) is 24.3 Å². The van der Waals surface area contributed by atoms with E-state index in [9.17, 15) is 8.42 Å². The van der Waals surface area contributed by atoms with E-state index >= 15 is 0 Å². The lowest BCUT2D eigenvalue weighted by molar-refractivity contribution is 0.592. The fourth-order valence-corrected chi connectivity index (χ4v) is 4.79. The van der Waals surface area contributed by atoms with Gasteiger partial charge in [-0.25, -0.2) is 13.4 Å². The molecule has 7 nitrogen and oxygen atoms in total. The van der Waals surface area contributed by atoms with Crippen LogP contribution in [-0.2, 0) is 16.4 Å². The second kappa shape index (κ2) is 12.8. The van der Waals surface area contributed by atoms with Crippen molar-refractivity contribution in [2.75, 3.05) is 25.4 Å². The van der Waals surface area contributed by atoms with E-state index in [1.165, 1.54) is 0 Å². The van der Waals surface area contributed by atoms with E-state index in [-0.39, 0.29) is 29.7 Å². The zero-order valence-corrected chi connectivity index (χ0v) is 21.8. The van der Waals surface area contributed by atoms with Crippen molar-refractivity contribution < 1.29 is 8.42 Å². The van der Waals surface area contributed by atoms with Crippen LogP contribution in [0.15, 0.2) is 64.5 Å². The van der Waals surface area contributed by atoms with Gasteiger partial charge in [0.1, 0.15) is 5.82 Å². The number of nitrogens with one attached hydrogen (secondary N) is 2. The first-order valence-electron chi connectivity index (χ1n) is 10.7. The Balaban J connectivity index is 0.00000363. The highest BCUT2D eigenvalue weighted by molar-refractivity contribution is 14.0. The van der Waals surface area contributed by atoms with Crippen molar-refractivity contribution in [2.24, 2.45) is 4.99 Å². The molecule has 0 aliphatic heterocycles. The van der Waals surface area contributed by atoms with Gasteiger partial charge < -0.3 is 15.2 Å².